The molecule has 8 nitrogen and oxygen atoms in total. The van der Waals surface area contributed by atoms with Gasteiger partial charge in [-0.15, -0.1) is 0 Å². The van der Waals surface area contributed by atoms with E-state index >= 15 is 0 Å². The average molecular weight is 472 g/mol. The predicted molar refractivity (Wildman–Crippen MR) is 130 cm³/mol. The highest BCUT2D eigenvalue weighted by molar-refractivity contribution is 5.97. The van der Waals surface area contributed by atoms with Crippen LogP contribution in [0.2, 0.25) is 0 Å². The number of nitrogens with one attached hydrogen (secondary N) is 1. The summed E-state index contributed by atoms with van der Waals surface area (Å²) in [6, 6.07) is 22.5. The lowest BCUT2D eigenvalue weighted by Gasteiger charge is -2.17. The summed E-state index contributed by atoms with van der Waals surface area (Å²) in [7, 11) is 3.01. The number of benzene rings is 3. The Balaban J connectivity index is 1.75. The summed E-state index contributed by atoms with van der Waals surface area (Å²) < 4.78 is 21.3. The van der Waals surface area contributed by atoms with E-state index in [-0.39, 0.29) is 6.61 Å². The van der Waals surface area contributed by atoms with Crippen LogP contribution in [-0.2, 0) is 14.3 Å². The third-order valence-electron chi connectivity index (χ3n) is 4.80. The number of nitriles is 1. The van der Waals surface area contributed by atoms with E-state index in [1.165, 1.54) is 26.4 Å². The number of nitrogens with zero attached hydrogens (tertiary/aromatic N) is 1. The van der Waals surface area contributed by atoms with Crippen molar-refractivity contribution < 1.29 is 28.5 Å². The Hall–Kier alpha value is -4.77. The number of carbonyl (C=O) groups is 2. The van der Waals surface area contributed by atoms with Gasteiger partial charge in [0.15, 0.2) is 18.1 Å². The fourth-order valence-electron chi connectivity index (χ4n) is 3.15. The summed E-state index contributed by atoms with van der Waals surface area (Å²) in [6.45, 7) is -0.115. The van der Waals surface area contributed by atoms with E-state index in [0.29, 0.717) is 34.1 Å². The van der Waals surface area contributed by atoms with Crippen molar-refractivity contribution in [3.63, 3.8) is 0 Å². The van der Waals surface area contributed by atoms with Gasteiger partial charge in [-0.05, 0) is 35.9 Å². The standard InChI is InChI=1S/C27H24N2O6/c1-32-22-10-6-9-21(18-22)29-27(31)26(20-7-4-3-5-8-20)35-25(30)14-12-19-11-13-23(34-16-15-28)24(17-19)33-2/h3-14,17-18,26H,16H2,1-2H3,(H,29,31). The van der Waals surface area contributed by atoms with Gasteiger partial charge >= 0.3 is 5.97 Å². The lowest BCUT2D eigenvalue weighted by atomic mass is 10.1. The summed E-state index contributed by atoms with van der Waals surface area (Å²) in [5.74, 6) is 0.191. The summed E-state index contributed by atoms with van der Waals surface area (Å²) in [5, 5.41) is 11.4. The molecule has 0 aromatic heterocycles. The molecule has 1 N–H and O–H groups in total. The van der Waals surface area contributed by atoms with Crippen molar-refractivity contribution in [1.29, 1.82) is 5.26 Å². The molecule has 0 aliphatic rings. The van der Waals surface area contributed by atoms with Crippen LogP contribution < -0.4 is 19.5 Å². The monoisotopic (exact) mass is 472 g/mol. The van der Waals surface area contributed by atoms with Gasteiger partial charge in [0.1, 0.15) is 11.8 Å². The number of ether oxygens (including phenoxy) is 4. The largest absolute Gasteiger partial charge is 0.497 e. The molecule has 0 aliphatic heterocycles. The molecule has 178 valence electrons. The Labute approximate surface area is 203 Å². The zero-order chi connectivity index (χ0) is 25.0. The highest BCUT2D eigenvalue weighted by Gasteiger charge is 2.24. The maximum absolute atomic E-state index is 13.0. The van der Waals surface area contributed by atoms with Gasteiger partial charge in [-0.1, -0.05) is 42.5 Å². The van der Waals surface area contributed by atoms with Crippen LogP contribution in [-0.4, -0.2) is 32.7 Å². The first-order valence-electron chi connectivity index (χ1n) is 10.6. The van der Waals surface area contributed by atoms with E-state index in [1.807, 2.05) is 6.07 Å². The Morgan fingerprint density at radius 2 is 1.77 bits per heavy atom. The molecule has 0 saturated carbocycles. The molecule has 8 heteroatoms. The molecule has 3 rings (SSSR count). The van der Waals surface area contributed by atoms with Crippen LogP contribution in [0.3, 0.4) is 0 Å². The normalized spacial score (nSPS) is 11.2. The molecule has 0 heterocycles. The Morgan fingerprint density at radius 3 is 2.49 bits per heavy atom. The zero-order valence-electron chi connectivity index (χ0n) is 19.3. The van der Waals surface area contributed by atoms with Crippen molar-refractivity contribution in [1.82, 2.24) is 0 Å². The molecular weight excluding hydrogens is 448 g/mol. The number of rotatable bonds is 10. The first-order valence-corrected chi connectivity index (χ1v) is 10.6. The Bertz CT molecular complexity index is 1230. The maximum atomic E-state index is 13.0. The van der Waals surface area contributed by atoms with Crippen molar-refractivity contribution in [3.8, 4) is 23.3 Å². The van der Waals surface area contributed by atoms with E-state index in [1.54, 1.807) is 72.8 Å². The molecular formula is C27H24N2O6. The molecule has 0 fully saturated rings. The van der Waals surface area contributed by atoms with Gasteiger partial charge < -0.3 is 24.3 Å². The molecule has 0 aliphatic carbocycles. The van der Waals surface area contributed by atoms with E-state index in [0.717, 1.165) is 0 Å². The number of amides is 1. The molecule has 0 spiro atoms. The topological polar surface area (TPSA) is 107 Å². The molecule has 0 saturated heterocycles. The van der Waals surface area contributed by atoms with E-state index in [9.17, 15) is 9.59 Å². The van der Waals surface area contributed by atoms with Crippen LogP contribution in [0.1, 0.15) is 17.2 Å². The first-order chi connectivity index (χ1) is 17.0. The summed E-state index contributed by atoms with van der Waals surface area (Å²) in [5.41, 5.74) is 1.67. The van der Waals surface area contributed by atoms with Crippen LogP contribution >= 0.6 is 0 Å². The third kappa shape index (κ3) is 7.11. The quantitative estimate of drug-likeness (QED) is 0.341. The SMILES string of the molecule is COc1cccc(NC(=O)C(OC(=O)C=Cc2ccc(OCC#N)c(OC)c2)c2ccccc2)c1. The maximum Gasteiger partial charge on any atom is 0.331 e. The van der Waals surface area contributed by atoms with Crippen molar-refractivity contribution in [2.75, 3.05) is 26.1 Å². The Morgan fingerprint density at radius 1 is 0.971 bits per heavy atom. The fourth-order valence-corrected chi connectivity index (χ4v) is 3.15. The Kier molecular flexibility index (Phi) is 8.85. The minimum atomic E-state index is -1.17. The van der Waals surface area contributed by atoms with Gasteiger partial charge in [-0.3, -0.25) is 4.79 Å². The molecule has 3 aromatic rings. The molecule has 35 heavy (non-hydrogen) atoms. The average Bonchev–Trinajstić information content (AvgIpc) is 2.90. The minimum Gasteiger partial charge on any atom is -0.497 e. The second kappa shape index (κ2) is 12.5. The van der Waals surface area contributed by atoms with Gasteiger partial charge in [-0.2, -0.15) is 5.26 Å². The van der Waals surface area contributed by atoms with Gasteiger partial charge in [0.2, 0.25) is 6.10 Å². The summed E-state index contributed by atoms with van der Waals surface area (Å²) in [6.07, 6.45) is 1.58. The number of hydrogen-bond donors (Lipinski definition) is 1. The van der Waals surface area contributed by atoms with E-state index < -0.39 is 18.0 Å². The zero-order valence-corrected chi connectivity index (χ0v) is 19.3. The van der Waals surface area contributed by atoms with Crippen LogP contribution in [0.25, 0.3) is 6.08 Å². The van der Waals surface area contributed by atoms with Gasteiger partial charge in [0, 0.05) is 23.4 Å². The van der Waals surface area contributed by atoms with Crippen molar-refractivity contribution >= 4 is 23.6 Å². The second-order valence-electron chi connectivity index (χ2n) is 7.14. The molecule has 1 atom stereocenters. The molecule has 1 amide bonds. The number of esters is 1. The highest BCUT2D eigenvalue weighted by atomic mass is 16.5. The van der Waals surface area contributed by atoms with Gasteiger partial charge in [-0.25, -0.2) is 4.79 Å². The van der Waals surface area contributed by atoms with Gasteiger partial charge in [0.05, 0.1) is 14.2 Å². The lowest BCUT2D eigenvalue weighted by Crippen LogP contribution is -2.25. The van der Waals surface area contributed by atoms with Crippen LogP contribution in [0.15, 0.2) is 78.9 Å². The number of hydrogen-bond acceptors (Lipinski definition) is 7. The molecule has 3 aromatic carbocycles. The molecule has 1 unspecified atom stereocenters. The van der Waals surface area contributed by atoms with Crippen LogP contribution in [0.5, 0.6) is 17.2 Å². The summed E-state index contributed by atoms with van der Waals surface area (Å²) >= 11 is 0. The number of carbonyl (C=O) groups excluding carboxylic acids is 2. The van der Waals surface area contributed by atoms with Crippen molar-refractivity contribution in [2.45, 2.75) is 6.10 Å². The minimum absolute atomic E-state index is 0.115. The number of anilines is 1. The van der Waals surface area contributed by atoms with Crippen molar-refractivity contribution in [3.05, 3.63) is 90.0 Å². The third-order valence-corrected chi connectivity index (χ3v) is 4.80. The summed E-state index contributed by atoms with van der Waals surface area (Å²) in [4.78, 5) is 25.6. The van der Waals surface area contributed by atoms with Gasteiger partial charge in [0.25, 0.3) is 5.91 Å². The lowest BCUT2D eigenvalue weighted by molar-refractivity contribution is -0.149. The van der Waals surface area contributed by atoms with E-state index in [4.69, 9.17) is 24.2 Å². The number of methoxy groups -OCH3 is 2. The first kappa shape index (κ1) is 24.9. The molecule has 0 bridgehead atoms. The highest BCUT2D eigenvalue weighted by Crippen LogP contribution is 2.29. The molecule has 0 radical (unpaired) electrons. The van der Waals surface area contributed by atoms with Crippen molar-refractivity contribution in [2.24, 2.45) is 0 Å². The smallest absolute Gasteiger partial charge is 0.331 e. The van der Waals surface area contributed by atoms with Crippen LogP contribution in [0, 0.1) is 11.3 Å². The van der Waals surface area contributed by atoms with Crippen LogP contribution in [0.4, 0.5) is 5.69 Å². The van der Waals surface area contributed by atoms with E-state index in [2.05, 4.69) is 5.32 Å². The predicted octanol–water partition coefficient (Wildman–Crippen LogP) is 4.54. The second-order valence-corrected chi connectivity index (χ2v) is 7.14. The fraction of sp³-hybridized carbons (Fsp3) is 0.148.